The summed E-state index contributed by atoms with van der Waals surface area (Å²) in [6, 6.07) is 5.62. The highest BCUT2D eigenvalue weighted by molar-refractivity contribution is 6.15. The van der Waals surface area contributed by atoms with Gasteiger partial charge in [0.15, 0.2) is 5.78 Å². The predicted octanol–water partition coefficient (Wildman–Crippen LogP) is 2.90. The van der Waals surface area contributed by atoms with Crippen molar-refractivity contribution in [3.8, 4) is 11.8 Å². The van der Waals surface area contributed by atoms with Crippen molar-refractivity contribution in [3.63, 3.8) is 0 Å². The average molecular weight is 368 g/mol. The summed E-state index contributed by atoms with van der Waals surface area (Å²) < 4.78 is 10.3. The van der Waals surface area contributed by atoms with Crippen LogP contribution in [0.4, 0.5) is 0 Å². The summed E-state index contributed by atoms with van der Waals surface area (Å²) in [4.78, 5) is 34.4. The maximum Gasteiger partial charge on any atom is 0.220 e. The zero-order valence-corrected chi connectivity index (χ0v) is 16.3. The van der Waals surface area contributed by atoms with E-state index in [1.807, 2.05) is 32.9 Å². The zero-order chi connectivity index (χ0) is 19.7. The molecule has 0 bridgehead atoms. The Morgan fingerprint density at radius 1 is 0.963 bits per heavy atom. The first-order valence-corrected chi connectivity index (χ1v) is 8.94. The van der Waals surface area contributed by atoms with Crippen LogP contribution in [0.3, 0.4) is 0 Å². The smallest absolute Gasteiger partial charge is 0.220 e. The third-order valence-corrected chi connectivity index (χ3v) is 5.06. The molecule has 0 spiro atoms. The van der Waals surface area contributed by atoms with E-state index < -0.39 is 11.8 Å². The standard InChI is InChI=1S/C21H24N2O4/c1-11-6-12(2)19(13(3)7-11)20-15(24)8-14(21(20)25)9-16-22-17(26-4)10-18(23-16)27-5/h6-7,10,14,20H,8-9H2,1-5H3. The molecule has 2 unspecified atom stereocenters. The normalized spacial score (nSPS) is 19.4. The van der Waals surface area contributed by atoms with Crippen LogP contribution in [0.5, 0.6) is 11.8 Å². The summed E-state index contributed by atoms with van der Waals surface area (Å²) in [5, 5.41) is 0. The third kappa shape index (κ3) is 3.70. The maximum absolute atomic E-state index is 13.1. The molecule has 0 N–H and O–H groups in total. The number of aryl methyl sites for hydroxylation is 3. The Morgan fingerprint density at radius 2 is 1.52 bits per heavy atom. The van der Waals surface area contributed by atoms with Gasteiger partial charge in [-0.25, -0.2) is 0 Å². The van der Waals surface area contributed by atoms with Crippen LogP contribution < -0.4 is 9.47 Å². The van der Waals surface area contributed by atoms with Crippen LogP contribution in [-0.2, 0) is 16.0 Å². The Kier molecular flexibility index (Phi) is 5.26. The van der Waals surface area contributed by atoms with Crippen LogP contribution in [0, 0.1) is 26.7 Å². The summed E-state index contributed by atoms with van der Waals surface area (Å²) in [5.41, 5.74) is 3.95. The lowest BCUT2D eigenvalue weighted by Gasteiger charge is -2.16. The van der Waals surface area contributed by atoms with E-state index in [2.05, 4.69) is 9.97 Å². The lowest BCUT2D eigenvalue weighted by molar-refractivity contribution is -0.124. The van der Waals surface area contributed by atoms with Crippen molar-refractivity contribution in [1.82, 2.24) is 9.97 Å². The van der Waals surface area contributed by atoms with Gasteiger partial charge in [0.2, 0.25) is 11.8 Å². The van der Waals surface area contributed by atoms with Gasteiger partial charge in [-0.2, -0.15) is 9.97 Å². The molecule has 3 rings (SSSR count). The summed E-state index contributed by atoms with van der Waals surface area (Å²) >= 11 is 0. The first kappa shape index (κ1) is 19.0. The molecule has 1 aromatic carbocycles. The summed E-state index contributed by atoms with van der Waals surface area (Å²) in [5.74, 6) is -0.0287. The number of hydrogen-bond donors (Lipinski definition) is 0. The number of carbonyl (C=O) groups is 2. The third-order valence-electron chi connectivity index (χ3n) is 5.06. The van der Waals surface area contributed by atoms with Crippen molar-refractivity contribution < 1.29 is 19.1 Å². The van der Waals surface area contributed by atoms with E-state index in [1.165, 1.54) is 14.2 Å². The van der Waals surface area contributed by atoms with Crippen molar-refractivity contribution in [1.29, 1.82) is 0 Å². The number of aromatic nitrogens is 2. The van der Waals surface area contributed by atoms with Crippen molar-refractivity contribution in [2.24, 2.45) is 5.92 Å². The molecule has 0 radical (unpaired) electrons. The van der Waals surface area contributed by atoms with Crippen LogP contribution in [0.1, 0.15) is 40.4 Å². The Bertz CT molecular complexity index is 862. The molecule has 0 aliphatic heterocycles. The minimum Gasteiger partial charge on any atom is -0.481 e. The van der Waals surface area contributed by atoms with Gasteiger partial charge in [0.05, 0.1) is 20.3 Å². The minimum atomic E-state index is -0.692. The van der Waals surface area contributed by atoms with Gasteiger partial charge >= 0.3 is 0 Å². The molecular formula is C21H24N2O4. The van der Waals surface area contributed by atoms with E-state index in [9.17, 15) is 9.59 Å². The van der Waals surface area contributed by atoms with Gasteiger partial charge in [0.1, 0.15) is 17.5 Å². The number of benzene rings is 1. The van der Waals surface area contributed by atoms with Crippen LogP contribution in [0.25, 0.3) is 0 Å². The number of ether oxygens (including phenoxy) is 2. The lowest BCUT2D eigenvalue weighted by atomic mass is 9.86. The second kappa shape index (κ2) is 7.47. The van der Waals surface area contributed by atoms with Gasteiger partial charge in [-0.05, 0) is 37.5 Å². The molecule has 1 aliphatic carbocycles. The molecule has 2 atom stereocenters. The highest BCUT2D eigenvalue weighted by atomic mass is 16.5. The Labute approximate surface area is 158 Å². The molecule has 6 nitrogen and oxygen atoms in total. The number of methoxy groups -OCH3 is 2. The van der Waals surface area contributed by atoms with Crippen molar-refractivity contribution in [2.75, 3.05) is 14.2 Å². The van der Waals surface area contributed by atoms with Crippen LogP contribution in [0.2, 0.25) is 0 Å². The Balaban J connectivity index is 1.89. The van der Waals surface area contributed by atoms with Crippen LogP contribution in [0.15, 0.2) is 18.2 Å². The molecule has 1 aliphatic rings. The molecule has 1 aromatic heterocycles. The number of carbonyl (C=O) groups excluding carboxylic acids is 2. The fourth-order valence-corrected chi connectivity index (χ4v) is 3.95. The summed E-state index contributed by atoms with van der Waals surface area (Å²) in [6.45, 7) is 5.93. The minimum absolute atomic E-state index is 0.0325. The molecule has 1 fully saturated rings. The van der Waals surface area contributed by atoms with E-state index in [-0.39, 0.29) is 18.0 Å². The van der Waals surface area contributed by atoms with Crippen LogP contribution >= 0.6 is 0 Å². The molecular weight excluding hydrogens is 344 g/mol. The first-order chi connectivity index (χ1) is 12.8. The number of nitrogens with zero attached hydrogens (tertiary/aromatic N) is 2. The second-order valence-corrected chi connectivity index (χ2v) is 7.09. The summed E-state index contributed by atoms with van der Waals surface area (Å²) in [7, 11) is 3.02. The molecule has 0 saturated heterocycles. The molecule has 0 amide bonds. The number of ketones is 2. The second-order valence-electron chi connectivity index (χ2n) is 7.09. The molecule has 27 heavy (non-hydrogen) atoms. The molecule has 2 aromatic rings. The first-order valence-electron chi connectivity index (χ1n) is 8.94. The van der Waals surface area contributed by atoms with E-state index in [4.69, 9.17) is 9.47 Å². The van der Waals surface area contributed by atoms with Gasteiger partial charge in [0.25, 0.3) is 0 Å². The molecule has 142 valence electrons. The highest BCUT2D eigenvalue weighted by Crippen LogP contribution is 2.37. The number of hydrogen-bond acceptors (Lipinski definition) is 6. The average Bonchev–Trinajstić information content (AvgIpc) is 2.88. The van der Waals surface area contributed by atoms with Crippen LogP contribution in [-0.4, -0.2) is 35.8 Å². The monoisotopic (exact) mass is 368 g/mol. The van der Waals surface area contributed by atoms with Gasteiger partial charge in [-0.15, -0.1) is 0 Å². The largest absolute Gasteiger partial charge is 0.481 e. The SMILES string of the molecule is COc1cc(OC)nc(CC2CC(=O)C(c3c(C)cc(C)cc3C)C2=O)n1. The lowest BCUT2D eigenvalue weighted by Crippen LogP contribution is -2.19. The fourth-order valence-electron chi connectivity index (χ4n) is 3.95. The Hall–Kier alpha value is -2.76. The van der Waals surface area contributed by atoms with E-state index >= 15 is 0 Å². The maximum atomic E-state index is 13.1. The predicted molar refractivity (Wildman–Crippen MR) is 100 cm³/mol. The number of rotatable bonds is 5. The van der Waals surface area contributed by atoms with Crippen molar-refractivity contribution in [2.45, 2.75) is 39.5 Å². The van der Waals surface area contributed by atoms with Gasteiger partial charge in [-0.1, -0.05) is 17.7 Å². The van der Waals surface area contributed by atoms with E-state index in [0.717, 1.165) is 22.3 Å². The van der Waals surface area contributed by atoms with Gasteiger partial charge in [0, 0.05) is 18.8 Å². The number of Topliss-reactive ketones (excluding diaryl/α,β-unsaturated/α-hetero) is 2. The Morgan fingerprint density at radius 3 is 2.04 bits per heavy atom. The van der Waals surface area contributed by atoms with E-state index in [0.29, 0.717) is 24.0 Å². The molecule has 6 heteroatoms. The van der Waals surface area contributed by atoms with E-state index in [1.54, 1.807) is 6.07 Å². The van der Waals surface area contributed by atoms with Crippen molar-refractivity contribution >= 4 is 11.6 Å². The van der Waals surface area contributed by atoms with Gasteiger partial charge < -0.3 is 9.47 Å². The zero-order valence-electron chi connectivity index (χ0n) is 16.3. The van der Waals surface area contributed by atoms with Crippen molar-refractivity contribution in [3.05, 3.63) is 46.3 Å². The van der Waals surface area contributed by atoms with Gasteiger partial charge in [-0.3, -0.25) is 9.59 Å². The highest BCUT2D eigenvalue weighted by Gasteiger charge is 2.43. The molecule has 1 heterocycles. The quantitative estimate of drug-likeness (QED) is 0.755. The fraction of sp³-hybridized carbons (Fsp3) is 0.429. The molecule has 1 saturated carbocycles. The summed E-state index contributed by atoms with van der Waals surface area (Å²) in [6.07, 6.45) is 0.498. The topological polar surface area (TPSA) is 78.4 Å².